The number of anilines is 2. The first-order chi connectivity index (χ1) is 14.3. The molecular weight excluding hydrogens is 380 g/mol. The van der Waals surface area contributed by atoms with Gasteiger partial charge in [0.2, 0.25) is 5.91 Å². The first-order valence-corrected chi connectivity index (χ1v) is 10.3. The van der Waals surface area contributed by atoms with E-state index in [0.717, 1.165) is 28.8 Å². The van der Waals surface area contributed by atoms with Crippen LogP contribution in [0.2, 0.25) is 0 Å². The van der Waals surface area contributed by atoms with Crippen LogP contribution in [0.15, 0.2) is 42.5 Å². The highest BCUT2D eigenvalue weighted by Crippen LogP contribution is 2.29. The topological polar surface area (TPSA) is 75.7 Å². The second-order valence-corrected chi connectivity index (χ2v) is 7.77. The normalized spacial score (nSPS) is 17.0. The molecule has 0 spiro atoms. The Bertz CT molecular complexity index is 969. The third-order valence-electron chi connectivity index (χ3n) is 5.43. The summed E-state index contributed by atoms with van der Waals surface area (Å²) >= 11 is 0. The molecule has 0 aromatic heterocycles. The van der Waals surface area contributed by atoms with Gasteiger partial charge in [-0.2, -0.15) is 0 Å². The maximum absolute atomic E-state index is 12.6. The number of benzene rings is 2. The number of aryl methyl sites for hydroxylation is 3. The SMILES string of the molecule is CCc1ccccc1N1C[C@@H](C(=O)O[C@@H](C)C(=O)Nc2cc(C)ccc2C)CC1=O. The van der Waals surface area contributed by atoms with Gasteiger partial charge in [-0.15, -0.1) is 0 Å². The Kier molecular flexibility index (Phi) is 6.55. The monoisotopic (exact) mass is 408 g/mol. The summed E-state index contributed by atoms with van der Waals surface area (Å²) in [4.78, 5) is 39.3. The summed E-state index contributed by atoms with van der Waals surface area (Å²) < 4.78 is 5.40. The highest BCUT2D eigenvalue weighted by molar-refractivity contribution is 6.01. The zero-order chi connectivity index (χ0) is 21.8. The van der Waals surface area contributed by atoms with Gasteiger partial charge in [0.1, 0.15) is 0 Å². The Morgan fingerprint density at radius 2 is 1.93 bits per heavy atom. The molecule has 158 valence electrons. The van der Waals surface area contributed by atoms with E-state index in [4.69, 9.17) is 4.74 Å². The van der Waals surface area contributed by atoms with Gasteiger partial charge in [0.05, 0.1) is 5.92 Å². The van der Waals surface area contributed by atoms with Gasteiger partial charge in [-0.05, 0) is 56.0 Å². The number of hydrogen-bond donors (Lipinski definition) is 1. The number of amides is 2. The van der Waals surface area contributed by atoms with Gasteiger partial charge in [0.25, 0.3) is 5.91 Å². The minimum absolute atomic E-state index is 0.0855. The number of rotatable bonds is 6. The molecule has 1 aliphatic heterocycles. The molecule has 0 aliphatic carbocycles. The van der Waals surface area contributed by atoms with Crippen molar-refractivity contribution in [3.63, 3.8) is 0 Å². The van der Waals surface area contributed by atoms with Crippen molar-refractivity contribution in [3.05, 3.63) is 59.2 Å². The fraction of sp³-hybridized carbons (Fsp3) is 0.375. The van der Waals surface area contributed by atoms with E-state index in [0.29, 0.717) is 5.69 Å². The Morgan fingerprint density at radius 3 is 2.67 bits per heavy atom. The lowest BCUT2D eigenvalue weighted by Crippen LogP contribution is -2.33. The van der Waals surface area contributed by atoms with Crippen molar-refractivity contribution >= 4 is 29.2 Å². The number of esters is 1. The molecule has 1 saturated heterocycles. The zero-order valence-corrected chi connectivity index (χ0v) is 17.9. The number of ether oxygens (including phenoxy) is 1. The van der Waals surface area contributed by atoms with Gasteiger partial charge < -0.3 is 15.0 Å². The van der Waals surface area contributed by atoms with Gasteiger partial charge in [0, 0.05) is 24.3 Å². The van der Waals surface area contributed by atoms with Crippen LogP contribution in [0, 0.1) is 19.8 Å². The second kappa shape index (κ2) is 9.11. The maximum atomic E-state index is 12.6. The molecule has 0 unspecified atom stereocenters. The molecule has 0 radical (unpaired) electrons. The quantitative estimate of drug-likeness (QED) is 0.738. The number of carbonyl (C=O) groups excluding carboxylic acids is 3. The zero-order valence-electron chi connectivity index (χ0n) is 17.9. The van der Waals surface area contributed by atoms with Crippen molar-refractivity contribution < 1.29 is 19.1 Å². The molecule has 1 heterocycles. The van der Waals surface area contributed by atoms with Crippen LogP contribution in [0.4, 0.5) is 11.4 Å². The minimum atomic E-state index is -0.954. The second-order valence-electron chi connectivity index (χ2n) is 7.77. The van der Waals surface area contributed by atoms with E-state index < -0.39 is 23.9 Å². The van der Waals surface area contributed by atoms with Gasteiger partial charge in [-0.1, -0.05) is 37.3 Å². The smallest absolute Gasteiger partial charge is 0.312 e. The Labute approximate surface area is 177 Å². The lowest BCUT2D eigenvalue weighted by Gasteiger charge is -2.20. The molecule has 1 fully saturated rings. The third kappa shape index (κ3) is 4.70. The van der Waals surface area contributed by atoms with Crippen LogP contribution < -0.4 is 10.2 Å². The molecule has 1 N–H and O–H groups in total. The molecule has 0 bridgehead atoms. The number of carbonyl (C=O) groups is 3. The standard InChI is InChI=1S/C24H28N2O4/c1-5-18-8-6-7-9-21(18)26-14-19(13-22(26)27)24(29)30-17(4)23(28)25-20-12-15(2)10-11-16(20)3/h6-12,17,19H,5,13-14H2,1-4H3,(H,25,28)/t17-,19-/m0/s1. The van der Waals surface area contributed by atoms with Crippen molar-refractivity contribution in [2.45, 2.75) is 46.6 Å². The summed E-state index contributed by atoms with van der Waals surface area (Å²) in [6, 6.07) is 13.5. The number of para-hydroxylation sites is 1. The summed E-state index contributed by atoms with van der Waals surface area (Å²) in [7, 11) is 0. The fourth-order valence-electron chi connectivity index (χ4n) is 3.60. The maximum Gasteiger partial charge on any atom is 0.312 e. The molecule has 30 heavy (non-hydrogen) atoms. The predicted molar refractivity (Wildman–Crippen MR) is 116 cm³/mol. The van der Waals surface area contributed by atoms with Crippen LogP contribution in [-0.2, 0) is 25.5 Å². The Hall–Kier alpha value is -3.15. The Balaban J connectivity index is 1.62. The molecule has 6 heteroatoms. The molecule has 6 nitrogen and oxygen atoms in total. The fourth-order valence-corrected chi connectivity index (χ4v) is 3.60. The van der Waals surface area contributed by atoms with Gasteiger partial charge in [0.15, 0.2) is 6.10 Å². The number of nitrogens with zero attached hydrogens (tertiary/aromatic N) is 1. The van der Waals surface area contributed by atoms with E-state index in [1.807, 2.05) is 63.2 Å². The predicted octanol–water partition coefficient (Wildman–Crippen LogP) is 3.79. The molecule has 0 saturated carbocycles. The largest absolute Gasteiger partial charge is 0.452 e. The third-order valence-corrected chi connectivity index (χ3v) is 5.43. The summed E-state index contributed by atoms with van der Waals surface area (Å²) in [6.07, 6.45) is -0.0724. The van der Waals surface area contributed by atoms with E-state index in [-0.39, 0.29) is 18.9 Å². The molecule has 2 aromatic rings. The van der Waals surface area contributed by atoms with Crippen LogP contribution in [0.1, 0.15) is 37.0 Å². The molecule has 2 atom stereocenters. The van der Waals surface area contributed by atoms with Crippen LogP contribution in [0.3, 0.4) is 0 Å². The van der Waals surface area contributed by atoms with Crippen molar-refractivity contribution in [1.82, 2.24) is 0 Å². The number of nitrogens with one attached hydrogen (secondary N) is 1. The van der Waals surface area contributed by atoms with Crippen molar-refractivity contribution in [3.8, 4) is 0 Å². The first-order valence-electron chi connectivity index (χ1n) is 10.3. The summed E-state index contributed by atoms with van der Waals surface area (Å²) in [5.74, 6) is -1.61. The van der Waals surface area contributed by atoms with E-state index in [1.165, 1.54) is 0 Å². The van der Waals surface area contributed by atoms with Crippen LogP contribution in [0.25, 0.3) is 0 Å². The Morgan fingerprint density at radius 1 is 1.20 bits per heavy atom. The van der Waals surface area contributed by atoms with Crippen LogP contribution in [0.5, 0.6) is 0 Å². The van der Waals surface area contributed by atoms with Crippen LogP contribution in [-0.4, -0.2) is 30.4 Å². The molecule has 1 aliphatic rings. The minimum Gasteiger partial charge on any atom is -0.452 e. The first kappa shape index (κ1) is 21.6. The highest BCUT2D eigenvalue weighted by Gasteiger charge is 2.37. The lowest BCUT2D eigenvalue weighted by molar-refractivity contribution is -0.157. The van der Waals surface area contributed by atoms with Gasteiger partial charge in [-0.3, -0.25) is 14.4 Å². The molecule has 2 amide bonds. The molecule has 2 aromatic carbocycles. The highest BCUT2D eigenvalue weighted by atomic mass is 16.5. The average molecular weight is 408 g/mol. The van der Waals surface area contributed by atoms with Crippen LogP contribution >= 0.6 is 0 Å². The average Bonchev–Trinajstić information content (AvgIpc) is 3.12. The van der Waals surface area contributed by atoms with Gasteiger partial charge >= 0.3 is 5.97 Å². The molecular formula is C24H28N2O4. The van der Waals surface area contributed by atoms with E-state index >= 15 is 0 Å². The summed E-state index contributed by atoms with van der Waals surface area (Å²) in [6.45, 7) is 7.68. The number of hydrogen-bond acceptors (Lipinski definition) is 4. The lowest BCUT2D eigenvalue weighted by atomic mass is 10.1. The summed E-state index contributed by atoms with van der Waals surface area (Å²) in [5, 5.41) is 2.81. The van der Waals surface area contributed by atoms with Gasteiger partial charge in [-0.25, -0.2) is 0 Å². The van der Waals surface area contributed by atoms with Crippen molar-refractivity contribution in [2.75, 3.05) is 16.8 Å². The van der Waals surface area contributed by atoms with E-state index in [2.05, 4.69) is 5.32 Å². The molecule has 3 rings (SSSR count). The van der Waals surface area contributed by atoms with E-state index in [9.17, 15) is 14.4 Å². The van der Waals surface area contributed by atoms with Crippen molar-refractivity contribution in [2.24, 2.45) is 5.92 Å². The van der Waals surface area contributed by atoms with E-state index in [1.54, 1.807) is 11.8 Å². The van der Waals surface area contributed by atoms with Crippen molar-refractivity contribution in [1.29, 1.82) is 0 Å². The summed E-state index contributed by atoms with van der Waals surface area (Å²) in [5.41, 5.74) is 4.54.